The molecule has 4 heteroatoms. The van der Waals surface area contributed by atoms with Crippen molar-refractivity contribution in [3.05, 3.63) is 33.8 Å². The Balaban J connectivity index is 0.000000980. The number of rotatable bonds is 1. The van der Waals surface area contributed by atoms with Crippen molar-refractivity contribution in [3.8, 4) is 0 Å². The zero-order chi connectivity index (χ0) is 9.26. The molecule has 1 aromatic rings. The molecule has 0 bridgehead atoms. The number of benzene rings is 1. The Labute approximate surface area is 100 Å². The zero-order valence-corrected chi connectivity index (χ0v) is 9.92. The van der Waals surface area contributed by atoms with E-state index in [-0.39, 0.29) is 12.4 Å². The Kier molecular flexibility index (Phi) is 4.52. The summed E-state index contributed by atoms with van der Waals surface area (Å²) in [4.78, 5) is 0. The smallest absolute Gasteiger partial charge is 0.0456 e. The molecular formula is C10H12Cl3N. The standard InChI is InChI=1S/C10H11Cl2N.ClH/c11-8-1-2-9(10(12)5-8)7-3-4-13-6-7;/h1-2,5,7,13H,3-4,6H2;1H. The van der Waals surface area contributed by atoms with Crippen LogP contribution in [0.2, 0.25) is 10.0 Å². The minimum Gasteiger partial charge on any atom is -0.316 e. The van der Waals surface area contributed by atoms with Gasteiger partial charge in [-0.2, -0.15) is 0 Å². The summed E-state index contributed by atoms with van der Waals surface area (Å²) in [5.41, 5.74) is 1.22. The van der Waals surface area contributed by atoms with Gasteiger partial charge < -0.3 is 5.32 Å². The molecule has 1 aliphatic rings. The molecule has 2 rings (SSSR count). The molecule has 1 aromatic carbocycles. The maximum atomic E-state index is 6.10. The molecule has 1 nitrogen and oxygen atoms in total. The summed E-state index contributed by atoms with van der Waals surface area (Å²) in [5.74, 6) is 0.560. The van der Waals surface area contributed by atoms with Gasteiger partial charge in [0, 0.05) is 16.6 Å². The van der Waals surface area contributed by atoms with Gasteiger partial charge in [0.1, 0.15) is 0 Å². The van der Waals surface area contributed by atoms with Crippen LogP contribution < -0.4 is 5.32 Å². The topological polar surface area (TPSA) is 12.0 Å². The van der Waals surface area contributed by atoms with Crippen molar-refractivity contribution in [3.63, 3.8) is 0 Å². The number of hydrogen-bond donors (Lipinski definition) is 1. The Hall–Kier alpha value is 0.0500. The SMILES string of the molecule is Cl.Clc1ccc(C2CCNC2)c(Cl)c1. The van der Waals surface area contributed by atoms with E-state index in [4.69, 9.17) is 23.2 Å². The van der Waals surface area contributed by atoms with Crippen molar-refractivity contribution in [2.75, 3.05) is 13.1 Å². The molecule has 1 saturated heterocycles. The van der Waals surface area contributed by atoms with E-state index < -0.39 is 0 Å². The minimum atomic E-state index is 0. The van der Waals surface area contributed by atoms with E-state index >= 15 is 0 Å². The molecule has 0 spiro atoms. The summed E-state index contributed by atoms with van der Waals surface area (Å²) < 4.78 is 0. The lowest BCUT2D eigenvalue weighted by molar-refractivity contribution is 0.764. The van der Waals surface area contributed by atoms with Gasteiger partial charge in [0.05, 0.1) is 0 Å². The van der Waals surface area contributed by atoms with Gasteiger partial charge in [0.25, 0.3) is 0 Å². The van der Waals surface area contributed by atoms with Crippen LogP contribution in [0.5, 0.6) is 0 Å². The first-order valence-corrected chi connectivity index (χ1v) is 5.18. The first-order valence-electron chi connectivity index (χ1n) is 4.43. The number of nitrogens with one attached hydrogen (secondary N) is 1. The molecular weight excluding hydrogens is 240 g/mol. The molecule has 1 fully saturated rings. The average Bonchev–Trinajstić information content (AvgIpc) is 2.56. The highest BCUT2D eigenvalue weighted by atomic mass is 35.5. The third-order valence-corrected chi connectivity index (χ3v) is 3.03. The zero-order valence-electron chi connectivity index (χ0n) is 7.59. The Morgan fingerprint density at radius 3 is 2.64 bits per heavy atom. The maximum Gasteiger partial charge on any atom is 0.0456 e. The van der Waals surface area contributed by atoms with Gasteiger partial charge in [-0.3, -0.25) is 0 Å². The quantitative estimate of drug-likeness (QED) is 0.807. The largest absolute Gasteiger partial charge is 0.316 e. The Morgan fingerprint density at radius 2 is 2.07 bits per heavy atom. The van der Waals surface area contributed by atoms with Crippen molar-refractivity contribution in [1.29, 1.82) is 0 Å². The monoisotopic (exact) mass is 251 g/mol. The highest BCUT2D eigenvalue weighted by Gasteiger charge is 2.18. The maximum absolute atomic E-state index is 6.10. The van der Waals surface area contributed by atoms with Crippen molar-refractivity contribution < 1.29 is 0 Å². The van der Waals surface area contributed by atoms with Crippen LogP contribution in [0.25, 0.3) is 0 Å². The second-order valence-electron chi connectivity index (χ2n) is 3.36. The first kappa shape index (κ1) is 12.1. The third-order valence-electron chi connectivity index (χ3n) is 2.46. The van der Waals surface area contributed by atoms with Crippen LogP contribution in [0.4, 0.5) is 0 Å². The third kappa shape index (κ3) is 2.54. The normalized spacial score (nSPS) is 20.6. The van der Waals surface area contributed by atoms with Crippen molar-refractivity contribution in [2.45, 2.75) is 12.3 Å². The molecule has 78 valence electrons. The van der Waals surface area contributed by atoms with Crippen molar-refractivity contribution in [1.82, 2.24) is 5.32 Å². The van der Waals surface area contributed by atoms with Crippen LogP contribution in [0.15, 0.2) is 18.2 Å². The van der Waals surface area contributed by atoms with E-state index in [1.165, 1.54) is 12.0 Å². The van der Waals surface area contributed by atoms with E-state index in [0.29, 0.717) is 10.9 Å². The van der Waals surface area contributed by atoms with Crippen LogP contribution in [-0.2, 0) is 0 Å². The van der Waals surface area contributed by atoms with E-state index in [0.717, 1.165) is 18.1 Å². The molecule has 0 aromatic heterocycles. The summed E-state index contributed by atoms with van der Waals surface area (Å²) in [6.45, 7) is 2.12. The molecule has 14 heavy (non-hydrogen) atoms. The molecule has 1 atom stereocenters. The van der Waals surface area contributed by atoms with Crippen LogP contribution >= 0.6 is 35.6 Å². The highest BCUT2D eigenvalue weighted by molar-refractivity contribution is 6.35. The van der Waals surface area contributed by atoms with E-state index in [1.54, 1.807) is 0 Å². The molecule has 1 unspecified atom stereocenters. The van der Waals surface area contributed by atoms with Crippen LogP contribution in [0.1, 0.15) is 17.9 Å². The summed E-state index contributed by atoms with van der Waals surface area (Å²) in [6.07, 6.45) is 1.17. The Morgan fingerprint density at radius 1 is 1.29 bits per heavy atom. The molecule has 1 heterocycles. The fraction of sp³-hybridized carbons (Fsp3) is 0.400. The minimum absolute atomic E-state index is 0. The summed E-state index contributed by atoms with van der Waals surface area (Å²) in [7, 11) is 0. The van der Waals surface area contributed by atoms with Crippen molar-refractivity contribution in [2.24, 2.45) is 0 Å². The molecule has 1 aliphatic heterocycles. The summed E-state index contributed by atoms with van der Waals surface area (Å²) >= 11 is 11.9. The van der Waals surface area contributed by atoms with Gasteiger partial charge in [-0.05, 0) is 36.6 Å². The Bertz CT molecular complexity index is 308. The van der Waals surface area contributed by atoms with Gasteiger partial charge in [0.2, 0.25) is 0 Å². The summed E-state index contributed by atoms with van der Waals surface area (Å²) in [5, 5.41) is 4.82. The highest BCUT2D eigenvalue weighted by Crippen LogP contribution is 2.30. The second-order valence-corrected chi connectivity index (χ2v) is 4.20. The van der Waals surface area contributed by atoms with Gasteiger partial charge in [0.15, 0.2) is 0 Å². The van der Waals surface area contributed by atoms with E-state index in [2.05, 4.69) is 5.32 Å². The molecule has 0 aliphatic carbocycles. The predicted octanol–water partition coefficient (Wildman–Crippen LogP) is 3.49. The molecule has 0 amide bonds. The molecule has 1 N–H and O–H groups in total. The van der Waals surface area contributed by atoms with Crippen LogP contribution in [0.3, 0.4) is 0 Å². The summed E-state index contributed by atoms with van der Waals surface area (Å²) in [6, 6.07) is 5.75. The fourth-order valence-electron chi connectivity index (χ4n) is 1.75. The predicted molar refractivity (Wildman–Crippen MR) is 63.9 cm³/mol. The second kappa shape index (κ2) is 5.22. The van der Waals surface area contributed by atoms with Gasteiger partial charge in [-0.15, -0.1) is 12.4 Å². The fourth-order valence-corrected chi connectivity index (χ4v) is 2.32. The van der Waals surface area contributed by atoms with E-state index in [1.807, 2.05) is 18.2 Å². The molecule has 0 radical (unpaired) electrons. The van der Waals surface area contributed by atoms with Gasteiger partial charge in [-0.25, -0.2) is 0 Å². The molecule has 0 saturated carbocycles. The van der Waals surface area contributed by atoms with Gasteiger partial charge >= 0.3 is 0 Å². The lowest BCUT2D eigenvalue weighted by atomic mass is 9.99. The van der Waals surface area contributed by atoms with E-state index in [9.17, 15) is 0 Å². The van der Waals surface area contributed by atoms with Crippen LogP contribution in [0, 0.1) is 0 Å². The number of hydrogen-bond acceptors (Lipinski definition) is 1. The first-order chi connectivity index (χ1) is 6.27. The lowest BCUT2D eigenvalue weighted by Crippen LogP contribution is -2.08. The van der Waals surface area contributed by atoms with Gasteiger partial charge in [-0.1, -0.05) is 29.3 Å². The van der Waals surface area contributed by atoms with Crippen LogP contribution in [-0.4, -0.2) is 13.1 Å². The number of halogens is 3. The lowest BCUT2D eigenvalue weighted by Gasteiger charge is -2.10. The average molecular weight is 253 g/mol. The van der Waals surface area contributed by atoms with Crippen molar-refractivity contribution >= 4 is 35.6 Å².